The molecule has 1 N–H and O–H groups in total. The quantitative estimate of drug-likeness (QED) is 0.909. The normalized spacial score (nSPS) is 11.7. The molecule has 6 nitrogen and oxygen atoms in total. The summed E-state index contributed by atoms with van der Waals surface area (Å²) >= 11 is 0. The van der Waals surface area contributed by atoms with Crippen molar-refractivity contribution in [3.63, 3.8) is 0 Å². The van der Waals surface area contributed by atoms with Gasteiger partial charge in [0.05, 0.1) is 28.0 Å². The minimum absolute atomic E-state index is 0.528. The number of hydrogen-bond acceptors (Lipinski definition) is 4. The van der Waals surface area contributed by atoms with Gasteiger partial charge in [-0.1, -0.05) is 18.2 Å². The number of benzene rings is 1. The van der Waals surface area contributed by atoms with E-state index in [1.807, 2.05) is 37.3 Å². The van der Waals surface area contributed by atoms with Gasteiger partial charge in [-0.2, -0.15) is 5.10 Å². The maximum Gasteiger partial charge on any atom is 0.239 e. The molecule has 0 aliphatic rings. The van der Waals surface area contributed by atoms with Gasteiger partial charge in [-0.15, -0.1) is 0 Å². The highest BCUT2D eigenvalue weighted by Crippen LogP contribution is 2.22. The summed E-state index contributed by atoms with van der Waals surface area (Å²) in [4.78, 5) is 12.1. The Morgan fingerprint density at radius 2 is 1.83 bits per heavy atom. The Morgan fingerprint density at radius 3 is 2.39 bits per heavy atom. The third-order valence-electron chi connectivity index (χ3n) is 3.61. The van der Waals surface area contributed by atoms with Crippen molar-refractivity contribution >= 4 is 21.4 Å². The van der Waals surface area contributed by atoms with E-state index in [4.69, 9.17) is 0 Å². The molecule has 0 fully saturated rings. The Morgan fingerprint density at radius 1 is 1.22 bits per heavy atom. The number of nitrogens with one attached hydrogen (secondary N) is 1. The third-order valence-corrected chi connectivity index (χ3v) is 5.71. The van der Waals surface area contributed by atoms with Crippen molar-refractivity contribution in [1.29, 1.82) is 0 Å². The first-order valence-corrected chi connectivity index (χ1v) is 9.07. The predicted molar refractivity (Wildman–Crippen MR) is 90.6 cm³/mol. The van der Waals surface area contributed by atoms with Crippen LogP contribution in [0.2, 0.25) is 0 Å². The second-order valence-corrected chi connectivity index (χ2v) is 8.25. The number of nitrogens with zero attached hydrogens (tertiary/aromatic N) is 2. The molecule has 7 heteroatoms. The molecule has 2 aromatic rings. The summed E-state index contributed by atoms with van der Waals surface area (Å²) in [5, 5.41) is 6.51. The number of aryl methyl sites for hydroxylation is 1. The molecule has 0 unspecified atom stereocenters. The summed E-state index contributed by atoms with van der Waals surface area (Å²) in [6, 6.07) is 9.54. The Kier molecular flexibility index (Phi) is 4.89. The SMILES string of the molecule is Cc1nn(-c2ccccc2)c(C)c1NC(=O)CS(=O)(=O)C(C)C. The summed E-state index contributed by atoms with van der Waals surface area (Å²) in [6.45, 7) is 6.73. The van der Waals surface area contributed by atoms with Crippen molar-refractivity contribution in [1.82, 2.24) is 9.78 Å². The van der Waals surface area contributed by atoms with E-state index in [1.54, 1.807) is 25.5 Å². The van der Waals surface area contributed by atoms with Crippen molar-refractivity contribution in [3.05, 3.63) is 41.7 Å². The first-order valence-electron chi connectivity index (χ1n) is 7.35. The average Bonchev–Trinajstić information content (AvgIpc) is 2.75. The Hall–Kier alpha value is -2.15. The van der Waals surface area contributed by atoms with Gasteiger partial charge in [0, 0.05) is 0 Å². The highest BCUT2D eigenvalue weighted by molar-refractivity contribution is 7.92. The van der Waals surface area contributed by atoms with E-state index in [2.05, 4.69) is 10.4 Å². The van der Waals surface area contributed by atoms with Crippen LogP contribution in [0.3, 0.4) is 0 Å². The molecule has 0 saturated carbocycles. The lowest BCUT2D eigenvalue weighted by molar-refractivity contribution is -0.113. The van der Waals surface area contributed by atoms with E-state index in [-0.39, 0.29) is 0 Å². The van der Waals surface area contributed by atoms with Gasteiger partial charge in [-0.25, -0.2) is 13.1 Å². The minimum atomic E-state index is -3.43. The first kappa shape index (κ1) is 17.2. The molecule has 0 spiro atoms. The zero-order chi connectivity index (χ0) is 17.2. The van der Waals surface area contributed by atoms with Crippen molar-refractivity contribution < 1.29 is 13.2 Å². The molecule has 0 aliphatic heterocycles. The number of carbonyl (C=O) groups is 1. The van der Waals surface area contributed by atoms with Crippen molar-refractivity contribution in [2.45, 2.75) is 32.9 Å². The smallest absolute Gasteiger partial charge is 0.239 e. The van der Waals surface area contributed by atoms with Crippen LogP contribution in [-0.4, -0.2) is 35.1 Å². The molecule has 2 rings (SSSR count). The highest BCUT2D eigenvalue weighted by atomic mass is 32.2. The molecule has 0 atom stereocenters. The number of hydrogen-bond donors (Lipinski definition) is 1. The molecule has 0 saturated heterocycles. The van der Waals surface area contributed by atoms with Gasteiger partial charge in [-0.05, 0) is 39.8 Å². The highest BCUT2D eigenvalue weighted by Gasteiger charge is 2.22. The zero-order valence-electron chi connectivity index (χ0n) is 13.7. The van der Waals surface area contributed by atoms with Crippen LogP contribution in [-0.2, 0) is 14.6 Å². The fourth-order valence-electron chi connectivity index (χ4n) is 2.17. The van der Waals surface area contributed by atoms with Crippen molar-refractivity contribution in [2.75, 3.05) is 11.1 Å². The van der Waals surface area contributed by atoms with Crippen LogP contribution in [0.25, 0.3) is 5.69 Å². The van der Waals surface area contributed by atoms with E-state index >= 15 is 0 Å². The molecule has 1 amide bonds. The molecule has 23 heavy (non-hydrogen) atoms. The molecular weight excluding hydrogens is 314 g/mol. The van der Waals surface area contributed by atoms with Gasteiger partial charge >= 0.3 is 0 Å². The molecule has 1 aromatic carbocycles. The number of rotatable bonds is 5. The van der Waals surface area contributed by atoms with Gasteiger partial charge < -0.3 is 5.32 Å². The minimum Gasteiger partial charge on any atom is -0.322 e. The number of amides is 1. The maximum atomic E-state index is 12.1. The van der Waals surface area contributed by atoms with Crippen molar-refractivity contribution in [2.24, 2.45) is 0 Å². The summed E-state index contributed by atoms with van der Waals surface area (Å²) in [6.07, 6.45) is 0. The number of sulfone groups is 1. The van der Waals surface area contributed by atoms with Gasteiger partial charge in [-0.3, -0.25) is 4.79 Å². The topological polar surface area (TPSA) is 81.1 Å². The fourth-order valence-corrected chi connectivity index (χ4v) is 2.94. The van der Waals surface area contributed by atoms with E-state index in [1.165, 1.54) is 0 Å². The molecule has 1 aromatic heterocycles. The number of aromatic nitrogens is 2. The van der Waals surface area contributed by atoms with Crippen LogP contribution >= 0.6 is 0 Å². The van der Waals surface area contributed by atoms with Crippen LogP contribution in [0.15, 0.2) is 30.3 Å². The van der Waals surface area contributed by atoms with Crippen LogP contribution in [0.4, 0.5) is 5.69 Å². The number of anilines is 1. The summed E-state index contributed by atoms with van der Waals surface area (Å²) < 4.78 is 25.4. The molecule has 0 bridgehead atoms. The Balaban J connectivity index is 2.25. The molecule has 0 aliphatic carbocycles. The van der Waals surface area contributed by atoms with E-state index < -0.39 is 26.7 Å². The van der Waals surface area contributed by atoms with Gasteiger partial charge in [0.1, 0.15) is 5.75 Å². The van der Waals surface area contributed by atoms with Crippen LogP contribution < -0.4 is 5.32 Å². The molecule has 124 valence electrons. The Labute approximate surface area is 136 Å². The van der Waals surface area contributed by atoms with E-state index in [9.17, 15) is 13.2 Å². The van der Waals surface area contributed by atoms with Crippen LogP contribution in [0.5, 0.6) is 0 Å². The first-order chi connectivity index (χ1) is 10.7. The number of carbonyl (C=O) groups excluding carboxylic acids is 1. The third kappa shape index (κ3) is 3.79. The van der Waals surface area contributed by atoms with Gasteiger partial charge in [0.25, 0.3) is 0 Å². The second kappa shape index (κ2) is 6.54. The lowest BCUT2D eigenvalue weighted by Gasteiger charge is -2.09. The van der Waals surface area contributed by atoms with E-state index in [0.29, 0.717) is 11.4 Å². The van der Waals surface area contributed by atoms with Gasteiger partial charge in [0.15, 0.2) is 9.84 Å². The monoisotopic (exact) mass is 335 g/mol. The van der Waals surface area contributed by atoms with Crippen LogP contribution in [0, 0.1) is 13.8 Å². The Bertz CT molecular complexity index is 809. The fraction of sp³-hybridized carbons (Fsp3) is 0.375. The van der Waals surface area contributed by atoms with Crippen LogP contribution in [0.1, 0.15) is 25.2 Å². The predicted octanol–water partition coefficient (Wildman–Crippen LogP) is 2.25. The van der Waals surface area contributed by atoms with E-state index in [0.717, 1.165) is 11.4 Å². The molecule has 1 heterocycles. The summed E-state index contributed by atoms with van der Waals surface area (Å²) in [5.74, 6) is -1.07. The standard InChI is InChI=1S/C16H21N3O3S/c1-11(2)23(21,22)10-15(20)17-16-12(3)18-19(13(16)4)14-8-6-5-7-9-14/h5-9,11H,10H2,1-4H3,(H,17,20). The molecular formula is C16H21N3O3S. The maximum absolute atomic E-state index is 12.1. The number of para-hydroxylation sites is 1. The average molecular weight is 335 g/mol. The summed E-state index contributed by atoms with van der Waals surface area (Å²) in [7, 11) is -3.43. The lowest BCUT2D eigenvalue weighted by atomic mass is 10.3. The molecule has 0 radical (unpaired) electrons. The van der Waals surface area contributed by atoms with Gasteiger partial charge in [0.2, 0.25) is 5.91 Å². The largest absolute Gasteiger partial charge is 0.322 e. The summed E-state index contributed by atoms with van der Waals surface area (Å²) in [5.41, 5.74) is 2.83. The lowest BCUT2D eigenvalue weighted by Crippen LogP contribution is -2.28. The zero-order valence-corrected chi connectivity index (χ0v) is 14.5. The van der Waals surface area contributed by atoms with Crippen molar-refractivity contribution in [3.8, 4) is 5.69 Å². The second-order valence-electron chi connectivity index (χ2n) is 5.70.